The molecule has 3 aromatic rings. The van der Waals surface area contributed by atoms with Crippen molar-refractivity contribution in [1.29, 1.82) is 0 Å². The van der Waals surface area contributed by atoms with Crippen LogP contribution in [-0.2, 0) is 4.79 Å². The summed E-state index contributed by atoms with van der Waals surface area (Å²) in [5, 5.41) is 12.2. The smallest absolute Gasteiger partial charge is 0.235 e. The van der Waals surface area contributed by atoms with E-state index in [9.17, 15) is 4.79 Å². The van der Waals surface area contributed by atoms with Crippen molar-refractivity contribution in [2.24, 2.45) is 0 Å². The standard InChI is InChI=1S/C17H13ClN4OS/c18-13-8-9-19-15(10-13)20-16(23)11-24-17-7-6-14(21-22-17)12-4-2-1-3-5-12/h1-10H,11H2,(H,19,20,23). The van der Waals surface area contributed by atoms with Crippen LogP contribution in [0.3, 0.4) is 0 Å². The second-order valence-corrected chi connectivity index (χ2v) is 6.25. The first-order chi connectivity index (χ1) is 11.7. The molecule has 0 unspecified atom stereocenters. The average molecular weight is 357 g/mol. The number of hydrogen-bond acceptors (Lipinski definition) is 5. The lowest BCUT2D eigenvalue weighted by atomic mass is 10.1. The molecule has 0 atom stereocenters. The first kappa shape index (κ1) is 16.4. The quantitative estimate of drug-likeness (QED) is 0.702. The first-order valence-electron chi connectivity index (χ1n) is 7.14. The Hall–Kier alpha value is -2.44. The molecule has 3 rings (SSSR count). The van der Waals surface area contributed by atoms with Crippen LogP contribution in [0.4, 0.5) is 5.82 Å². The largest absolute Gasteiger partial charge is 0.310 e. The van der Waals surface area contributed by atoms with Crippen molar-refractivity contribution >= 4 is 35.1 Å². The molecule has 0 aliphatic heterocycles. The summed E-state index contributed by atoms with van der Waals surface area (Å²) in [5.74, 6) is 0.468. The van der Waals surface area contributed by atoms with Crippen molar-refractivity contribution in [2.75, 3.05) is 11.1 Å². The Kier molecular flexibility index (Phi) is 5.40. The maximum Gasteiger partial charge on any atom is 0.235 e. The number of aromatic nitrogens is 3. The highest BCUT2D eigenvalue weighted by Crippen LogP contribution is 2.20. The van der Waals surface area contributed by atoms with Crippen molar-refractivity contribution in [2.45, 2.75) is 5.03 Å². The summed E-state index contributed by atoms with van der Waals surface area (Å²) in [7, 11) is 0. The Morgan fingerprint density at radius 2 is 1.92 bits per heavy atom. The summed E-state index contributed by atoms with van der Waals surface area (Å²) in [6.07, 6.45) is 1.54. The average Bonchev–Trinajstić information content (AvgIpc) is 2.61. The summed E-state index contributed by atoms with van der Waals surface area (Å²) >= 11 is 7.16. The van der Waals surface area contributed by atoms with Crippen molar-refractivity contribution in [1.82, 2.24) is 15.2 Å². The fourth-order valence-electron chi connectivity index (χ4n) is 1.95. The predicted molar refractivity (Wildman–Crippen MR) is 96.1 cm³/mol. The van der Waals surface area contributed by atoms with E-state index < -0.39 is 0 Å². The van der Waals surface area contributed by atoms with Gasteiger partial charge < -0.3 is 5.32 Å². The third-order valence-corrected chi connectivity index (χ3v) is 4.21. The van der Waals surface area contributed by atoms with Gasteiger partial charge in [-0.25, -0.2) is 4.98 Å². The Morgan fingerprint density at radius 3 is 2.62 bits per heavy atom. The van der Waals surface area contributed by atoms with Crippen LogP contribution in [0.1, 0.15) is 0 Å². The van der Waals surface area contributed by atoms with Crippen LogP contribution in [0, 0.1) is 0 Å². The SMILES string of the molecule is O=C(CSc1ccc(-c2ccccc2)nn1)Nc1cc(Cl)ccn1. The summed E-state index contributed by atoms with van der Waals surface area (Å²) in [5.41, 5.74) is 1.80. The van der Waals surface area contributed by atoms with Crippen molar-refractivity contribution in [3.8, 4) is 11.3 Å². The summed E-state index contributed by atoms with van der Waals surface area (Å²) in [4.78, 5) is 15.9. The van der Waals surface area contributed by atoms with E-state index in [0.29, 0.717) is 15.9 Å². The monoisotopic (exact) mass is 356 g/mol. The second-order valence-electron chi connectivity index (χ2n) is 4.82. The Labute approximate surface area is 148 Å². The molecule has 1 aromatic carbocycles. The molecule has 1 N–H and O–H groups in total. The normalized spacial score (nSPS) is 10.4. The van der Waals surface area contributed by atoms with E-state index in [-0.39, 0.29) is 11.7 Å². The first-order valence-corrected chi connectivity index (χ1v) is 8.50. The molecule has 24 heavy (non-hydrogen) atoms. The highest BCUT2D eigenvalue weighted by Gasteiger charge is 2.07. The summed E-state index contributed by atoms with van der Waals surface area (Å²) in [6, 6.07) is 16.8. The minimum absolute atomic E-state index is 0.177. The zero-order chi connectivity index (χ0) is 16.8. The highest BCUT2D eigenvalue weighted by molar-refractivity contribution is 7.99. The van der Waals surface area contributed by atoms with E-state index in [1.54, 1.807) is 18.3 Å². The number of hydrogen-bond donors (Lipinski definition) is 1. The molecule has 0 aliphatic rings. The number of pyridine rings is 1. The molecule has 0 aliphatic carbocycles. The molecule has 0 radical (unpaired) electrons. The third-order valence-electron chi connectivity index (χ3n) is 3.05. The van der Waals surface area contributed by atoms with Crippen LogP contribution in [-0.4, -0.2) is 26.8 Å². The lowest BCUT2D eigenvalue weighted by Gasteiger charge is -2.04. The number of nitrogens with one attached hydrogen (secondary N) is 1. The molecule has 120 valence electrons. The van der Waals surface area contributed by atoms with E-state index in [4.69, 9.17) is 11.6 Å². The molecule has 0 bridgehead atoms. The van der Waals surface area contributed by atoms with Crippen molar-refractivity contribution < 1.29 is 4.79 Å². The molecule has 2 heterocycles. The zero-order valence-corrected chi connectivity index (χ0v) is 14.1. The number of carbonyl (C=O) groups is 1. The van der Waals surface area contributed by atoms with Crippen molar-refractivity contribution in [3.05, 3.63) is 65.8 Å². The van der Waals surface area contributed by atoms with E-state index in [2.05, 4.69) is 20.5 Å². The fraction of sp³-hybridized carbons (Fsp3) is 0.0588. The van der Waals surface area contributed by atoms with Gasteiger partial charge in [0.1, 0.15) is 10.8 Å². The predicted octanol–water partition coefficient (Wildman–Crippen LogP) is 3.92. The third kappa shape index (κ3) is 4.53. The summed E-state index contributed by atoms with van der Waals surface area (Å²) in [6.45, 7) is 0. The van der Waals surface area contributed by atoms with Gasteiger partial charge in [0.15, 0.2) is 0 Å². The highest BCUT2D eigenvalue weighted by atomic mass is 35.5. The minimum atomic E-state index is -0.177. The molecule has 0 saturated heterocycles. The lowest BCUT2D eigenvalue weighted by molar-refractivity contribution is -0.113. The maximum atomic E-state index is 11.9. The Morgan fingerprint density at radius 1 is 1.08 bits per heavy atom. The summed E-state index contributed by atoms with van der Waals surface area (Å²) < 4.78 is 0. The van der Waals surface area contributed by atoms with Crippen LogP contribution in [0.5, 0.6) is 0 Å². The van der Waals surface area contributed by atoms with E-state index in [0.717, 1.165) is 11.3 Å². The van der Waals surface area contributed by atoms with Gasteiger partial charge in [-0.15, -0.1) is 10.2 Å². The van der Waals surface area contributed by atoms with Crippen molar-refractivity contribution in [3.63, 3.8) is 0 Å². The van der Waals surface area contributed by atoms with Crippen LogP contribution < -0.4 is 5.32 Å². The van der Waals surface area contributed by atoms with Gasteiger partial charge in [0.25, 0.3) is 0 Å². The van der Waals surface area contributed by atoms with Gasteiger partial charge in [-0.05, 0) is 24.3 Å². The number of halogens is 1. The molecule has 0 saturated carbocycles. The molecule has 0 spiro atoms. The van der Waals surface area contributed by atoms with Gasteiger partial charge in [0.05, 0.1) is 11.4 Å². The van der Waals surface area contributed by atoms with Gasteiger partial charge in [-0.2, -0.15) is 0 Å². The second kappa shape index (κ2) is 7.90. The number of carbonyl (C=O) groups excluding carboxylic acids is 1. The fourth-order valence-corrected chi connectivity index (χ4v) is 2.73. The molecule has 1 amide bonds. The molecular formula is C17H13ClN4OS. The number of amides is 1. The van der Waals surface area contributed by atoms with Gasteiger partial charge in [0, 0.05) is 16.8 Å². The van der Waals surface area contributed by atoms with Gasteiger partial charge in [-0.3, -0.25) is 4.79 Å². The number of nitrogens with zero attached hydrogens (tertiary/aromatic N) is 3. The van der Waals surface area contributed by atoms with Gasteiger partial charge >= 0.3 is 0 Å². The number of anilines is 1. The van der Waals surface area contributed by atoms with Gasteiger partial charge in [-0.1, -0.05) is 53.7 Å². The van der Waals surface area contributed by atoms with Crippen LogP contribution in [0.2, 0.25) is 5.02 Å². The Balaban J connectivity index is 1.56. The van der Waals surface area contributed by atoms with Crippen LogP contribution >= 0.6 is 23.4 Å². The lowest BCUT2D eigenvalue weighted by Crippen LogP contribution is -2.15. The molecule has 7 heteroatoms. The van der Waals surface area contributed by atoms with E-state index >= 15 is 0 Å². The zero-order valence-electron chi connectivity index (χ0n) is 12.5. The molecule has 5 nitrogen and oxygen atoms in total. The molecular weight excluding hydrogens is 344 g/mol. The number of thioether (sulfide) groups is 1. The van der Waals surface area contributed by atoms with Crippen LogP contribution in [0.25, 0.3) is 11.3 Å². The Bertz CT molecular complexity index is 828. The molecule has 0 fully saturated rings. The number of benzene rings is 1. The van der Waals surface area contributed by atoms with E-state index in [1.165, 1.54) is 11.8 Å². The molecule has 2 aromatic heterocycles. The number of rotatable bonds is 5. The topological polar surface area (TPSA) is 67.8 Å². The van der Waals surface area contributed by atoms with Gasteiger partial charge in [0.2, 0.25) is 5.91 Å². The maximum absolute atomic E-state index is 11.9. The van der Waals surface area contributed by atoms with Crippen LogP contribution in [0.15, 0.2) is 65.8 Å². The van der Waals surface area contributed by atoms with E-state index in [1.807, 2.05) is 42.5 Å². The minimum Gasteiger partial charge on any atom is -0.310 e.